The number of hydrogen-bond donors (Lipinski definition) is 3. The number of carbonyl (C=O) groups excluding carboxylic acids is 1. The van der Waals surface area contributed by atoms with Crippen LogP contribution in [0.25, 0.3) is 0 Å². The Labute approximate surface area is 164 Å². The summed E-state index contributed by atoms with van der Waals surface area (Å²) >= 11 is 0. The van der Waals surface area contributed by atoms with E-state index < -0.39 is 0 Å². The number of hydrogen-bond acceptors (Lipinski definition) is 3. The predicted octanol–water partition coefficient (Wildman–Crippen LogP) is 2.48. The molecule has 0 saturated carbocycles. The molecule has 27 heavy (non-hydrogen) atoms. The summed E-state index contributed by atoms with van der Waals surface area (Å²) in [6.45, 7) is 11.4. The Bertz CT molecular complexity index is 543. The molecule has 1 rings (SSSR count). The van der Waals surface area contributed by atoms with Crippen LogP contribution in [0, 0.1) is 0 Å². The van der Waals surface area contributed by atoms with Gasteiger partial charge in [-0.1, -0.05) is 32.0 Å². The number of amides is 1. The summed E-state index contributed by atoms with van der Waals surface area (Å²) in [5.41, 5.74) is 0.696. The van der Waals surface area contributed by atoms with E-state index in [-0.39, 0.29) is 5.91 Å². The van der Waals surface area contributed by atoms with Gasteiger partial charge in [0, 0.05) is 31.7 Å². The van der Waals surface area contributed by atoms with Crippen molar-refractivity contribution in [2.75, 3.05) is 39.8 Å². The number of nitrogens with zero attached hydrogens (tertiary/aromatic N) is 2. The van der Waals surface area contributed by atoms with Crippen molar-refractivity contribution in [2.24, 2.45) is 4.99 Å². The van der Waals surface area contributed by atoms with E-state index in [2.05, 4.69) is 46.6 Å². The van der Waals surface area contributed by atoms with E-state index in [4.69, 9.17) is 0 Å². The second-order valence-corrected chi connectivity index (χ2v) is 6.69. The third kappa shape index (κ3) is 9.99. The second kappa shape index (κ2) is 14.0. The first-order chi connectivity index (χ1) is 13.1. The fourth-order valence-corrected chi connectivity index (χ4v) is 2.85. The number of carbonyl (C=O) groups is 1. The average molecular weight is 376 g/mol. The van der Waals surface area contributed by atoms with E-state index in [1.165, 1.54) is 6.42 Å². The smallest absolute Gasteiger partial charge is 0.251 e. The van der Waals surface area contributed by atoms with Crippen LogP contribution in [0.4, 0.5) is 0 Å². The molecule has 0 radical (unpaired) electrons. The summed E-state index contributed by atoms with van der Waals surface area (Å²) in [4.78, 5) is 18.7. The molecule has 1 amide bonds. The monoisotopic (exact) mass is 375 g/mol. The van der Waals surface area contributed by atoms with E-state index in [0.29, 0.717) is 18.2 Å². The number of aliphatic imine (C=N–C) groups is 1. The van der Waals surface area contributed by atoms with Crippen molar-refractivity contribution in [1.82, 2.24) is 20.9 Å². The Morgan fingerprint density at radius 3 is 2.37 bits per heavy atom. The van der Waals surface area contributed by atoms with Gasteiger partial charge in [0.2, 0.25) is 0 Å². The Morgan fingerprint density at radius 1 is 1.07 bits per heavy atom. The molecule has 0 spiro atoms. The van der Waals surface area contributed by atoms with E-state index in [1.54, 1.807) is 7.05 Å². The van der Waals surface area contributed by atoms with Crippen molar-refractivity contribution < 1.29 is 4.79 Å². The minimum absolute atomic E-state index is 0.0278. The van der Waals surface area contributed by atoms with Gasteiger partial charge in [-0.2, -0.15) is 0 Å². The van der Waals surface area contributed by atoms with E-state index in [0.717, 1.165) is 45.0 Å². The van der Waals surface area contributed by atoms with Crippen LogP contribution in [0.3, 0.4) is 0 Å². The van der Waals surface area contributed by atoms with Crippen molar-refractivity contribution in [1.29, 1.82) is 0 Å². The predicted molar refractivity (Wildman–Crippen MR) is 114 cm³/mol. The van der Waals surface area contributed by atoms with Crippen LogP contribution in [-0.4, -0.2) is 62.6 Å². The molecule has 0 aliphatic carbocycles. The maximum absolute atomic E-state index is 12.0. The summed E-state index contributed by atoms with van der Waals surface area (Å²) < 4.78 is 0. The van der Waals surface area contributed by atoms with Crippen LogP contribution in [0.1, 0.15) is 50.4 Å². The first kappa shape index (κ1) is 23.0. The number of nitrogens with one attached hydrogen (secondary N) is 3. The summed E-state index contributed by atoms with van der Waals surface area (Å²) in [6, 6.07) is 9.67. The Kier molecular flexibility index (Phi) is 11.9. The highest BCUT2D eigenvalue weighted by Crippen LogP contribution is 2.00. The van der Waals surface area contributed by atoms with Crippen molar-refractivity contribution in [2.45, 2.75) is 46.1 Å². The topological polar surface area (TPSA) is 68.8 Å². The second-order valence-electron chi connectivity index (χ2n) is 6.69. The Hall–Kier alpha value is -2.08. The van der Waals surface area contributed by atoms with Crippen LogP contribution in [0.15, 0.2) is 35.3 Å². The highest BCUT2D eigenvalue weighted by molar-refractivity contribution is 5.94. The lowest BCUT2D eigenvalue weighted by Gasteiger charge is -2.21. The molecule has 0 aliphatic heterocycles. The van der Waals surface area contributed by atoms with E-state index in [9.17, 15) is 4.79 Å². The lowest BCUT2D eigenvalue weighted by molar-refractivity contribution is 0.0953. The van der Waals surface area contributed by atoms with Crippen LogP contribution in [0.5, 0.6) is 0 Å². The maximum atomic E-state index is 12.0. The lowest BCUT2D eigenvalue weighted by atomic mass is 10.2. The molecule has 3 N–H and O–H groups in total. The molecule has 0 heterocycles. The Morgan fingerprint density at radius 2 is 1.74 bits per heavy atom. The standard InChI is InChI=1S/C21H37N5O/c1-5-26(6-2)17-10-12-18(3)25-21(22-4)24-16-11-15-23-20(27)19-13-8-7-9-14-19/h7-9,13-14,18H,5-6,10-12,15-17H2,1-4H3,(H,23,27)(H2,22,24,25). The summed E-state index contributed by atoms with van der Waals surface area (Å²) in [5, 5.41) is 9.68. The molecule has 152 valence electrons. The zero-order chi connectivity index (χ0) is 19.9. The zero-order valence-electron chi connectivity index (χ0n) is 17.4. The van der Waals surface area contributed by atoms with Gasteiger partial charge in [0.25, 0.3) is 5.91 Å². The molecule has 1 atom stereocenters. The molecule has 1 aromatic carbocycles. The lowest BCUT2D eigenvalue weighted by Crippen LogP contribution is -2.43. The third-order valence-electron chi connectivity index (χ3n) is 4.58. The molecular weight excluding hydrogens is 338 g/mol. The van der Waals surface area contributed by atoms with Crippen LogP contribution in [0.2, 0.25) is 0 Å². The summed E-state index contributed by atoms with van der Waals surface area (Å²) in [6.07, 6.45) is 3.14. The van der Waals surface area contributed by atoms with Gasteiger partial charge in [0.1, 0.15) is 0 Å². The maximum Gasteiger partial charge on any atom is 0.251 e. The molecule has 0 saturated heterocycles. The summed E-state index contributed by atoms with van der Waals surface area (Å²) in [7, 11) is 1.79. The van der Waals surface area contributed by atoms with Gasteiger partial charge in [-0.05, 0) is 58.0 Å². The molecule has 0 aliphatic rings. The fraction of sp³-hybridized carbons (Fsp3) is 0.619. The van der Waals surface area contributed by atoms with Crippen molar-refractivity contribution in [3.8, 4) is 0 Å². The van der Waals surface area contributed by atoms with Gasteiger partial charge in [0.15, 0.2) is 5.96 Å². The molecule has 6 heteroatoms. The zero-order valence-corrected chi connectivity index (χ0v) is 17.4. The molecular formula is C21H37N5O. The van der Waals surface area contributed by atoms with Crippen LogP contribution < -0.4 is 16.0 Å². The first-order valence-electron chi connectivity index (χ1n) is 10.1. The SMILES string of the molecule is CCN(CC)CCCC(C)NC(=NC)NCCCNC(=O)c1ccccc1. The van der Waals surface area contributed by atoms with E-state index in [1.807, 2.05) is 30.3 Å². The fourth-order valence-electron chi connectivity index (χ4n) is 2.85. The normalized spacial score (nSPS) is 12.7. The number of guanidine groups is 1. The van der Waals surface area contributed by atoms with Gasteiger partial charge in [-0.25, -0.2) is 0 Å². The van der Waals surface area contributed by atoms with Gasteiger partial charge in [-0.15, -0.1) is 0 Å². The number of benzene rings is 1. The molecule has 0 aromatic heterocycles. The minimum atomic E-state index is -0.0278. The molecule has 6 nitrogen and oxygen atoms in total. The van der Waals surface area contributed by atoms with Crippen molar-refractivity contribution in [3.63, 3.8) is 0 Å². The van der Waals surface area contributed by atoms with Crippen molar-refractivity contribution >= 4 is 11.9 Å². The average Bonchev–Trinajstić information content (AvgIpc) is 2.70. The minimum Gasteiger partial charge on any atom is -0.356 e. The van der Waals surface area contributed by atoms with Crippen LogP contribution in [-0.2, 0) is 0 Å². The van der Waals surface area contributed by atoms with Crippen LogP contribution >= 0.6 is 0 Å². The quantitative estimate of drug-likeness (QED) is 0.298. The molecule has 1 aromatic rings. The third-order valence-corrected chi connectivity index (χ3v) is 4.58. The van der Waals surface area contributed by atoms with Gasteiger partial charge in [0.05, 0.1) is 0 Å². The first-order valence-corrected chi connectivity index (χ1v) is 10.1. The highest BCUT2D eigenvalue weighted by Gasteiger charge is 2.07. The molecule has 0 fully saturated rings. The molecule has 1 unspecified atom stereocenters. The van der Waals surface area contributed by atoms with Gasteiger partial charge < -0.3 is 20.9 Å². The van der Waals surface area contributed by atoms with Gasteiger partial charge >= 0.3 is 0 Å². The largest absolute Gasteiger partial charge is 0.356 e. The summed E-state index contributed by atoms with van der Waals surface area (Å²) in [5.74, 6) is 0.791. The van der Waals surface area contributed by atoms with Gasteiger partial charge in [-0.3, -0.25) is 9.79 Å². The highest BCUT2D eigenvalue weighted by atomic mass is 16.1. The van der Waals surface area contributed by atoms with Crippen molar-refractivity contribution in [3.05, 3.63) is 35.9 Å². The Balaban J connectivity index is 2.16. The molecule has 0 bridgehead atoms. The van der Waals surface area contributed by atoms with E-state index >= 15 is 0 Å². The number of rotatable bonds is 12.